The van der Waals surface area contributed by atoms with Crippen molar-refractivity contribution in [3.8, 4) is 11.5 Å². The molecule has 1 aliphatic heterocycles. The van der Waals surface area contributed by atoms with Crippen molar-refractivity contribution in [2.75, 3.05) is 48.5 Å². The normalized spacial score (nSPS) is 13.1. The Morgan fingerprint density at radius 1 is 0.949 bits per heavy atom. The van der Waals surface area contributed by atoms with Crippen LogP contribution in [-0.4, -0.2) is 49.5 Å². The highest BCUT2D eigenvalue weighted by Gasteiger charge is 2.24. The lowest BCUT2D eigenvalue weighted by atomic mass is 10.1. The molecular formula is C30H31N5O4. The molecule has 1 aliphatic rings. The number of hydrogen-bond donors (Lipinski definition) is 1. The van der Waals surface area contributed by atoms with Gasteiger partial charge in [0.25, 0.3) is 0 Å². The number of hydrogen-bond acceptors (Lipinski definition) is 8. The standard InChI is InChI=1S/C30H31N5O4/c1-21-5-4-6-22(2)28(21)39-30(36)35(25-11-13-26(37-3)14-12-25)27-15-16-31-29(33-27)32-23-7-9-24(10-8-23)34-17-19-38-20-18-34/h4-16H,17-20H2,1-3H3,(H,31,32,33). The molecule has 1 N–H and O–H groups in total. The Bertz CT molecular complexity index is 1400. The first-order valence-corrected chi connectivity index (χ1v) is 12.8. The van der Waals surface area contributed by atoms with Gasteiger partial charge in [-0.2, -0.15) is 4.98 Å². The third kappa shape index (κ3) is 6.10. The number of aromatic nitrogens is 2. The average Bonchev–Trinajstić information content (AvgIpc) is 2.97. The molecule has 1 amide bonds. The van der Waals surface area contributed by atoms with Crippen molar-refractivity contribution in [2.45, 2.75) is 13.8 Å². The number of nitrogens with zero attached hydrogens (tertiary/aromatic N) is 4. The molecule has 0 bridgehead atoms. The van der Waals surface area contributed by atoms with Gasteiger partial charge in [-0.3, -0.25) is 0 Å². The molecule has 1 saturated heterocycles. The Hall–Kier alpha value is -4.63. The van der Waals surface area contributed by atoms with Gasteiger partial charge in [-0.1, -0.05) is 18.2 Å². The van der Waals surface area contributed by atoms with Crippen LogP contribution in [0.15, 0.2) is 79.0 Å². The molecular weight excluding hydrogens is 494 g/mol. The number of ether oxygens (including phenoxy) is 3. The van der Waals surface area contributed by atoms with E-state index in [-0.39, 0.29) is 0 Å². The zero-order chi connectivity index (χ0) is 27.2. The van der Waals surface area contributed by atoms with Crippen molar-refractivity contribution in [1.29, 1.82) is 0 Å². The largest absolute Gasteiger partial charge is 0.497 e. The maximum Gasteiger partial charge on any atom is 0.425 e. The van der Waals surface area contributed by atoms with E-state index in [2.05, 4.69) is 32.3 Å². The average molecular weight is 526 g/mol. The van der Waals surface area contributed by atoms with Crippen molar-refractivity contribution < 1.29 is 19.0 Å². The minimum atomic E-state index is -0.586. The summed E-state index contributed by atoms with van der Waals surface area (Å²) < 4.78 is 16.6. The molecule has 0 spiro atoms. The van der Waals surface area contributed by atoms with Crippen molar-refractivity contribution in [3.05, 3.63) is 90.1 Å². The molecule has 0 unspecified atom stereocenters. The minimum Gasteiger partial charge on any atom is -0.497 e. The van der Waals surface area contributed by atoms with Crippen LogP contribution < -0.4 is 24.6 Å². The Morgan fingerprint density at radius 3 is 2.31 bits per heavy atom. The lowest BCUT2D eigenvalue weighted by molar-refractivity contribution is 0.122. The number of rotatable bonds is 7. The van der Waals surface area contributed by atoms with E-state index in [1.54, 1.807) is 43.6 Å². The van der Waals surface area contributed by atoms with Crippen LogP contribution in [0.2, 0.25) is 0 Å². The van der Waals surface area contributed by atoms with Crippen LogP contribution in [0.3, 0.4) is 0 Å². The van der Waals surface area contributed by atoms with Gasteiger partial charge in [-0.05, 0) is 73.5 Å². The topological polar surface area (TPSA) is 89.0 Å². The van der Waals surface area contributed by atoms with Crippen molar-refractivity contribution in [1.82, 2.24) is 9.97 Å². The lowest BCUT2D eigenvalue weighted by Crippen LogP contribution is -2.36. The fourth-order valence-corrected chi connectivity index (χ4v) is 4.40. The molecule has 2 heterocycles. The SMILES string of the molecule is COc1ccc(N(C(=O)Oc2c(C)cccc2C)c2ccnc(Nc3ccc(N4CCOCC4)cc3)n2)cc1. The molecule has 9 nitrogen and oxygen atoms in total. The fourth-order valence-electron chi connectivity index (χ4n) is 4.40. The summed E-state index contributed by atoms with van der Waals surface area (Å²) in [6.07, 6.45) is 1.02. The maximum atomic E-state index is 13.6. The Balaban J connectivity index is 1.41. The summed E-state index contributed by atoms with van der Waals surface area (Å²) in [6.45, 7) is 7.03. The van der Waals surface area contributed by atoms with Crippen molar-refractivity contribution in [2.24, 2.45) is 0 Å². The summed E-state index contributed by atoms with van der Waals surface area (Å²) in [5, 5.41) is 3.24. The first-order valence-electron chi connectivity index (χ1n) is 12.8. The van der Waals surface area contributed by atoms with E-state index in [4.69, 9.17) is 14.2 Å². The van der Waals surface area contributed by atoms with Crippen molar-refractivity contribution in [3.63, 3.8) is 0 Å². The molecule has 9 heteroatoms. The van der Waals surface area contributed by atoms with Gasteiger partial charge in [0.2, 0.25) is 5.95 Å². The molecule has 3 aromatic carbocycles. The predicted octanol–water partition coefficient (Wildman–Crippen LogP) is 6.02. The maximum absolute atomic E-state index is 13.6. The third-order valence-electron chi connectivity index (χ3n) is 6.48. The highest BCUT2D eigenvalue weighted by atomic mass is 16.6. The van der Waals surface area contributed by atoms with Crippen LogP contribution in [0.5, 0.6) is 11.5 Å². The van der Waals surface area contributed by atoms with E-state index in [0.29, 0.717) is 29.0 Å². The molecule has 200 valence electrons. The summed E-state index contributed by atoms with van der Waals surface area (Å²) in [5.74, 6) is 1.91. The molecule has 0 radical (unpaired) electrons. The van der Waals surface area contributed by atoms with Crippen LogP contribution in [0.4, 0.5) is 33.6 Å². The van der Waals surface area contributed by atoms with Crippen LogP contribution in [0, 0.1) is 13.8 Å². The Labute approximate surface area is 228 Å². The summed E-state index contributed by atoms with van der Waals surface area (Å²) in [7, 11) is 1.60. The summed E-state index contributed by atoms with van der Waals surface area (Å²) in [5.41, 5.74) is 4.27. The number of amides is 1. The zero-order valence-corrected chi connectivity index (χ0v) is 22.3. The zero-order valence-electron chi connectivity index (χ0n) is 22.3. The highest BCUT2D eigenvalue weighted by Crippen LogP contribution is 2.30. The second-order valence-electron chi connectivity index (χ2n) is 9.13. The van der Waals surface area contributed by atoms with Crippen LogP contribution >= 0.6 is 0 Å². The second-order valence-corrected chi connectivity index (χ2v) is 9.13. The molecule has 0 atom stereocenters. The van der Waals surface area contributed by atoms with Gasteiger partial charge in [-0.25, -0.2) is 14.7 Å². The van der Waals surface area contributed by atoms with Crippen LogP contribution in [0.1, 0.15) is 11.1 Å². The van der Waals surface area contributed by atoms with Gasteiger partial charge in [-0.15, -0.1) is 0 Å². The predicted molar refractivity (Wildman–Crippen MR) is 152 cm³/mol. The summed E-state index contributed by atoms with van der Waals surface area (Å²) in [4.78, 5) is 26.3. The van der Waals surface area contributed by atoms with Gasteiger partial charge in [0, 0.05) is 36.7 Å². The molecule has 5 rings (SSSR count). The van der Waals surface area contributed by atoms with Gasteiger partial charge >= 0.3 is 6.09 Å². The monoisotopic (exact) mass is 525 g/mol. The first-order chi connectivity index (χ1) is 19.0. The molecule has 1 fully saturated rings. The van der Waals surface area contributed by atoms with Gasteiger partial charge in [0.05, 0.1) is 26.0 Å². The number of morpholine rings is 1. The van der Waals surface area contributed by atoms with E-state index in [0.717, 1.165) is 48.8 Å². The lowest BCUT2D eigenvalue weighted by Gasteiger charge is -2.28. The van der Waals surface area contributed by atoms with E-state index in [1.165, 1.54) is 4.90 Å². The Morgan fingerprint density at radius 2 is 1.64 bits per heavy atom. The number of nitrogens with one attached hydrogen (secondary N) is 1. The second kappa shape index (κ2) is 11.8. The van der Waals surface area contributed by atoms with Gasteiger partial charge in [0.15, 0.2) is 0 Å². The minimum absolute atomic E-state index is 0.352. The molecule has 0 aliphatic carbocycles. The number of anilines is 5. The molecule has 0 saturated carbocycles. The highest BCUT2D eigenvalue weighted by molar-refractivity contribution is 5.96. The van der Waals surface area contributed by atoms with E-state index >= 15 is 0 Å². The number of para-hydroxylation sites is 1. The van der Waals surface area contributed by atoms with Crippen LogP contribution in [-0.2, 0) is 4.74 Å². The first kappa shape index (κ1) is 26.0. The van der Waals surface area contributed by atoms with E-state index in [1.807, 2.05) is 44.2 Å². The number of aryl methyl sites for hydroxylation is 2. The van der Waals surface area contributed by atoms with E-state index < -0.39 is 6.09 Å². The molecule has 4 aromatic rings. The van der Waals surface area contributed by atoms with Gasteiger partial charge < -0.3 is 24.4 Å². The summed E-state index contributed by atoms with van der Waals surface area (Å²) >= 11 is 0. The fraction of sp³-hybridized carbons (Fsp3) is 0.233. The number of methoxy groups -OCH3 is 1. The van der Waals surface area contributed by atoms with E-state index in [9.17, 15) is 4.79 Å². The van der Waals surface area contributed by atoms with Crippen LogP contribution in [0.25, 0.3) is 0 Å². The number of carbonyl (C=O) groups excluding carboxylic acids is 1. The number of benzene rings is 3. The molecule has 39 heavy (non-hydrogen) atoms. The quantitative estimate of drug-likeness (QED) is 0.313. The third-order valence-corrected chi connectivity index (χ3v) is 6.48. The summed E-state index contributed by atoms with van der Waals surface area (Å²) in [6, 6.07) is 22.6. The molecule has 1 aromatic heterocycles. The van der Waals surface area contributed by atoms with Crippen molar-refractivity contribution >= 4 is 34.9 Å². The smallest absolute Gasteiger partial charge is 0.425 e. The Kier molecular flexibility index (Phi) is 7.88. The number of carbonyl (C=O) groups is 1. The van der Waals surface area contributed by atoms with Gasteiger partial charge in [0.1, 0.15) is 17.3 Å².